The molecule has 23 heavy (non-hydrogen) atoms. The molecule has 0 aliphatic carbocycles. The van der Waals surface area contributed by atoms with E-state index in [0.29, 0.717) is 19.6 Å². The van der Waals surface area contributed by atoms with Crippen LogP contribution < -0.4 is 10.1 Å². The molecule has 0 bridgehead atoms. The lowest BCUT2D eigenvalue weighted by Gasteiger charge is -2.18. The number of methoxy groups -OCH3 is 1. The molecule has 1 heterocycles. The third kappa shape index (κ3) is 4.69. The van der Waals surface area contributed by atoms with Gasteiger partial charge < -0.3 is 19.9 Å². The molecule has 1 aliphatic heterocycles. The van der Waals surface area contributed by atoms with Crippen molar-refractivity contribution in [1.82, 2.24) is 15.1 Å². The lowest BCUT2D eigenvalue weighted by Crippen LogP contribution is -2.36. The van der Waals surface area contributed by atoms with E-state index in [-0.39, 0.29) is 24.2 Å². The van der Waals surface area contributed by atoms with Gasteiger partial charge in [-0.1, -0.05) is 18.2 Å². The summed E-state index contributed by atoms with van der Waals surface area (Å²) in [6.45, 7) is 2.33. The highest BCUT2D eigenvalue weighted by Crippen LogP contribution is 2.24. The monoisotopic (exact) mass is 319 g/mol. The summed E-state index contributed by atoms with van der Waals surface area (Å²) in [5.74, 6) is 0.477. The number of ether oxygens (including phenoxy) is 1. The summed E-state index contributed by atoms with van der Waals surface area (Å²) in [5, 5.41) is 2.90. The predicted molar refractivity (Wildman–Crippen MR) is 88.1 cm³/mol. The Morgan fingerprint density at radius 1 is 1.39 bits per heavy atom. The summed E-state index contributed by atoms with van der Waals surface area (Å²) in [5.41, 5.74) is 0.956. The van der Waals surface area contributed by atoms with Crippen LogP contribution in [0.1, 0.15) is 12.0 Å². The zero-order chi connectivity index (χ0) is 16.8. The van der Waals surface area contributed by atoms with Crippen molar-refractivity contribution in [3.63, 3.8) is 0 Å². The molecule has 2 rings (SSSR count). The number of nitrogens with zero attached hydrogens (tertiary/aromatic N) is 2. The van der Waals surface area contributed by atoms with Crippen LogP contribution in [-0.2, 0) is 16.1 Å². The van der Waals surface area contributed by atoms with Crippen LogP contribution >= 0.6 is 0 Å². The smallest absolute Gasteiger partial charge is 0.225 e. The number of likely N-dealkylation sites (N-methyl/N-ethyl adjacent to an activating group) is 1. The van der Waals surface area contributed by atoms with Gasteiger partial charge in [-0.25, -0.2) is 0 Å². The molecule has 2 amide bonds. The van der Waals surface area contributed by atoms with Crippen LogP contribution in [0, 0.1) is 5.92 Å². The van der Waals surface area contributed by atoms with Crippen molar-refractivity contribution in [2.75, 3.05) is 40.8 Å². The van der Waals surface area contributed by atoms with E-state index in [1.54, 1.807) is 12.0 Å². The van der Waals surface area contributed by atoms with E-state index in [4.69, 9.17) is 4.74 Å². The number of carbonyl (C=O) groups is 2. The summed E-state index contributed by atoms with van der Waals surface area (Å²) in [4.78, 5) is 28.1. The van der Waals surface area contributed by atoms with Crippen molar-refractivity contribution in [2.24, 2.45) is 5.92 Å². The molecule has 0 aromatic heterocycles. The van der Waals surface area contributed by atoms with E-state index in [1.807, 2.05) is 43.3 Å². The molecular weight excluding hydrogens is 294 g/mol. The maximum absolute atomic E-state index is 12.2. The SMILES string of the molecule is COc1ccccc1CN1CC(C(=O)NCCN(C)C)CC1=O. The summed E-state index contributed by atoms with van der Waals surface area (Å²) >= 11 is 0. The van der Waals surface area contributed by atoms with Gasteiger partial charge in [0.25, 0.3) is 0 Å². The van der Waals surface area contributed by atoms with Gasteiger partial charge in [0.05, 0.1) is 13.0 Å². The van der Waals surface area contributed by atoms with Crippen molar-refractivity contribution < 1.29 is 14.3 Å². The highest BCUT2D eigenvalue weighted by Gasteiger charge is 2.34. The fraction of sp³-hybridized carbons (Fsp3) is 0.529. The Labute approximate surface area is 137 Å². The Kier molecular flexibility index (Phi) is 5.98. The number of benzene rings is 1. The van der Waals surface area contributed by atoms with Crippen molar-refractivity contribution in [3.8, 4) is 5.75 Å². The first-order chi connectivity index (χ1) is 11.0. The van der Waals surface area contributed by atoms with Gasteiger partial charge in [-0.15, -0.1) is 0 Å². The third-order valence-electron chi connectivity index (χ3n) is 4.00. The van der Waals surface area contributed by atoms with E-state index >= 15 is 0 Å². The van der Waals surface area contributed by atoms with E-state index in [9.17, 15) is 9.59 Å². The molecule has 1 saturated heterocycles. The number of hydrogen-bond acceptors (Lipinski definition) is 4. The first-order valence-corrected chi connectivity index (χ1v) is 7.83. The summed E-state index contributed by atoms with van der Waals surface area (Å²) in [6, 6.07) is 7.64. The minimum Gasteiger partial charge on any atom is -0.496 e. The number of rotatable bonds is 7. The quantitative estimate of drug-likeness (QED) is 0.804. The Morgan fingerprint density at radius 3 is 2.83 bits per heavy atom. The van der Waals surface area contributed by atoms with Crippen LogP contribution in [0.3, 0.4) is 0 Å². The van der Waals surface area contributed by atoms with Gasteiger partial charge in [0.1, 0.15) is 5.75 Å². The second kappa shape index (κ2) is 7.97. The highest BCUT2D eigenvalue weighted by atomic mass is 16.5. The van der Waals surface area contributed by atoms with Gasteiger partial charge in [-0.2, -0.15) is 0 Å². The van der Waals surface area contributed by atoms with Crippen LogP contribution in [0.15, 0.2) is 24.3 Å². The van der Waals surface area contributed by atoms with E-state index in [0.717, 1.165) is 17.9 Å². The first kappa shape index (κ1) is 17.3. The van der Waals surface area contributed by atoms with E-state index < -0.39 is 0 Å². The topological polar surface area (TPSA) is 61.9 Å². The van der Waals surface area contributed by atoms with Crippen molar-refractivity contribution >= 4 is 11.8 Å². The Balaban J connectivity index is 1.91. The van der Waals surface area contributed by atoms with Gasteiger partial charge >= 0.3 is 0 Å². The van der Waals surface area contributed by atoms with Crippen molar-refractivity contribution in [2.45, 2.75) is 13.0 Å². The van der Waals surface area contributed by atoms with Crippen LogP contribution in [0.25, 0.3) is 0 Å². The molecule has 6 heteroatoms. The minimum absolute atomic E-state index is 0.0173. The Hall–Kier alpha value is -2.08. The molecule has 1 N–H and O–H groups in total. The van der Waals surface area contributed by atoms with Gasteiger partial charge in [0, 0.05) is 38.2 Å². The fourth-order valence-corrected chi connectivity index (χ4v) is 2.69. The van der Waals surface area contributed by atoms with Gasteiger partial charge in [0.2, 0.25) is 11.8 Å². The maximum atomic E-state index is 12.2. The molecule has 0 radical (unpaired) electrons. The molecule has 126 valence electrons. The molecule has 1 unspecified atom stereocenters. The highest BCUT2D eigenvalue weighted by molar-refractivity contribution is 5.89. The fourth-order valence-electron chi connectivity index (χ4n) is 2.69. The molecular formula is C17H25N3O3. The maximum Gasteiger partial charge on any atom is 0.225 e. The predicted octanol–water partition coefficient (Wildman–Crippen LogP) is 0.722. The Morgan fingerprint density at radius 2 is 2.13 bits per heavy atom. The summed E-state index contributed by atoms with van der Waals surface area (Å²) < 4.78 is 5.32. The zero-order valence-corrected chi connectivity index (χ0v) is 14.0. The minimum atomic E-state index is -0.264. The average Bonchev–Trinajstić information content (AvgIpc) is 2.88. The molecule has 1 aromatic rings. The van der Waals surface area contributed by atoms with Crippen LogP contribution in [0.4, 0.5) is 0 Å². The standard InChI is InChI=1S/C17H25N3O3/c1-19(2)9-8-18-17(22)14-10-16(21)20(12-14)11-13-6-4-5-7-15(13)23-3/h4-7,14H,8-12H2,1-3H3,(H,18,22). The second-order valence-corrected chi connectivity index (χ2v) is 6.08. The first-order valence-electron chi connectivity index (χ1n) is 7.83. The largest absolute Gasteiger partial charge is 0.496 e. The number of hydrogen-bond donors (Lipinski definition) is 1. The van der Waals surface area contributed by atoms with Crippen molar-refractivity contribution in [3.05, 3.63) is 29.8 Å². The van der Waals surface area contributed by atoms with Gasteiger partial charge in [0.15, 0.2) is 0 Å². The number of likely N-dealkylation sites (tertiary alicyclic amines) is 1. The number of carbonyl (C=O) groups excluding carboxylic acids is 2. The van der Waals surface area contributed by atoms with Crippen molar-refractivity contribution in [1.29, 1.82) is 0 Å². The summed E-state index contributed by atoms with van der Waals surface area (Å²) in [7, 11) is 5.53. The van der Waals surface area contributed by atoms with Crippen LogP contribution in [0.2, 0.25) is 0 Å². The summed E-state index contributed by atoms with van der Waals surface area (Å²) in [6.07, 6.45) is 0.281. The van der Waals surface area contributed by atoms with Gasteiger partial charge in [-0.3, -0.25) is 9.59 Å². The number of amides is 2. The molecule has 1 atom stereocenters. The Bertz CT molecular complexity index is 560. The number of nitrogens with one attached hydrogen (secondary N) is 1. The molecule has 6 nitrogen and oxygen atoms in total. The average molecular weight is 319 g/mol. The second-order valence-electron chi connectivity index (χ2n) is 6.08. The molecule has 1 aliphatic rings. The zero-order valence-electron chi connectivity index (χ0n) is 14.0. The van der Waals surface area contributed by atoms with E-state index in [2.05, 4.69) is 5.32 Å². The lowest BCUT2D eigenvalue weighted by atomic mass is 10.1. The number of para-hydroxylation sites is 1. The van der Waals surface area contributed by atoms with Crippen LogP contribution in [-0.4, -0.2) is 62.5 Å². The van der Waals surface area contributed by atoms with Crippen LogP contribution in [0.5, 0.6) is 5.75 Å². The molecule has 1 fully saturated rings. The normalized spacial score (nSPS) is 17.7. The molecule has 0 spiro atoms. The van der Waals surface area contributed by atoms with Gasteiger partial charge in [-0.05, 0) is 20.2 Å². The van der Waals surface area contributed by atoms with E-state index in [1.165, 1.54) is 0 Å². The third-order valence-corrected chi connectivity index (χ3v) is 4.00. The molecule has 1 aromatic carbocycles. The molecule has 0 saturated carbocycles. The lowest BCUT2D eigenvalue weighted by molar-refractivity contribution is -0.129.